The Morgan fingerprint density at radius 2 is 1.69 bits per heavy atom. The smallest absolute Gasteiger partial charge is 0.262 e. The lowest BCUT2D eigenvalue weighted by atomic mass is 10.0. The molecule has 126 valence electrons. The van der Waals surface area contributed by atoms with E-state index in [2.05, 4.69) is 25.5 Å². The highest BCUT2D eigenvalue weighted by Crippen LogP contribution is 2.24. The molecule has 0 aliphatic heterocycles. The SMILES string of the molecule is O=c1[nH]c(N/N=C/c2ccccc2)nc2nccc(-c3ccccc3)c12. The van der Waals surface area contributed by atoms with Crippen LogP contribution in [0, 0.1) is 0 Å². The number of pyridine rings is 1. The first-order valence-electron chi connectivity index (χ1n) is 8.10. The van der Waals surface area contributed by atoms with Crippen molar-refractivity contribution in [1.29, 1.82) is 0 Å². The number of nitrogens with one attached hydrogen (secondary N) is 2. The number of hydrogen-bond acceptors (Lipinski definition) is 5. The van der Waals surface area contributed by atoms with Gasteiger partial charge in [0.15, 0.2) is 5.65 Å². The van der Waals surface area contributed by atoms with Gasteiger partial charge in [-0.05, 0) is 22.8 Å². The minimum atomic E-state index is -0.264. The Balaban J connectivity index is 1.70. The standard InChI is InChI=1S/C20H15N5O/c26-19-17-16(15-9-5-2-6-10-15)11-12-21-18(17)23-20(24-19)25-22-13-14-7-3-1-4-8-14/h1-13H,(H2,21,23,24,25,26)/b22-13+. The molecule has 2 aromatic heterocycles. The monoisotopic (exact) mass is 341 g/mol. The van der Waals surface area contributed by atoms with Crippen LogP contribution >= 0.6 is 0 Å². The van der Waals surface area contributed by atoms with E-state index in [0.29, 0.717) is 11.0 Å². The van der Waals surface area contributed by atoms with Gasteiger partial charge in [-0.3, -0.25) is 9.78 Å². The first-order valence-corrected chi connectivity index (χ1v) is 8.10. The van der Waals surface area contributed by atoms with Crippen LogP contribution < -0.4 is 11.0 Å². The summed E-state index contributed by atoms with van der Waals surface area (Å²) in [5.41, 5.74) is 5.52. The van der Waals surface area contributed by atoms with Crippen molar-refractivity contribution in [3.8, 4) is 11.1 Å². The number of H-pyrrole nitrogens is 1. The average molecular weight is 341 g/mol. The lowest BCUT2D eigenvalue weighted by Gasteiger charge is -2.06. The van der Waals surface area contributed by atoms with E-state index in [-0.39, 0.29) is 11.5 Å². The van der Waals surface area contributed by atoms with E-state index in [1.807, 2.05) is 66.7 Å². The van der Waals surface area contributed by atoms with Crippen LogP contribution in [0.25, 0.3) is 22.2 Å². The second kappa shape index (κ2) is 6.98. The summed E-state index contributed by atoms with van der Waals surface area (Å²) < 4.78 is 0. The van der Waals surface area contributed by atoms with Crippen molar-refractivity contribution in [1.82, 2.24) is 15.0 Å². The van der Waals surface area contributed by atoms with Gasteiger partial charge in [0.1, 0.15) is 0 Å². The summed E-state index contributed by atoms with van der Waals surface area (Å²) in [6, 6.07) is 21.1. The Hall–Kier alpha value is -3.80. The number of fused-ring (bicyclic) bond motifs is 1. The molecule has 0 spiro atoms. The Labute approximate surface area is 149 Å². The van der Waals surface area contributed by atoms with E-state index in [4.69, 9.17) is 0 Å². The van der Waals surface area contributed by atoms with Gasteiger partial charge in [0.05, 0.1) is 11.6 Å². The molecule has 2 heterocycles. The van der Waals surface area contributed by atoms with Gasteiger partial charge in [0.25, 0.3) is 5.56 Å². The summed E-state index contributed by atoms with van der Waals surface area (Å²) in [5.74, 6) is 0.243. The summed E-state index contributed by atoms with van der Waals surface area (Å²) in [6.07, 6.45) is 3.30. The number of hydrazone groups is 1. The Bertz CT molecular complexity index is 1120. The molecule has 26 heavy (non-hydrogen) atoms. The molecule has 6 nitrogen and oxygen atoms in total. The Kier molecular flexibility index (Phi) is 4.22. The highest BCUT2D eigenvalue weighted by Gasteiger charge is 2.10. The van der Waals surface area contributed by atoms with Crippen LogP contribution in [0.5, 0.6) is 0 Å². The van der Waals surface area contributed by atoms with Crippen LogP contribution in [0.3, 0.4) is 0 Å². The number of benzene rings is 2. The first-order chi connectivity index (χ1) is 12.8. The van der Waals surface area contributed by atoms with Crippen LogP contribution in [-0.2, 0) is 0 Å². The van der Waals surface area contributed by atoms with Crippen LogP contribution in [0.2, 0.25) is 0 Å². The fourth-order valence-corrected chi connectivity index (χ4v) is 2.68. The van der Waals surface area contributed by atoms with Gasteiger partial charge in [-0.2, -0.15) is 10.1 Å². The maximum absolute atomic E-state index is 12.6. The van der Waals surface area contributed by atoms with Crippen molar-refractivity contribution < 1.29 is 0 Å². The fraction of sp³-hybridized carbons (Fsp3) is 0. The predicted octanol–water partition coefficient (Wildman–Crippen LogP) is 3.43. The molecule has 0 aliphatic rings. The van der Waals surface area contributed by atoms with E-state index < -0.39 is 0 Å². The molecular formula is C20H15N5O. The highest BCUT2D eigenvalue weighted by molar-refractivity contribution is 5.92. The zero-order valence-corrected chi connectivity index (χ0v) is 13.8. The normalized spacial score (nSPS) is 11.1. The van der Waals surface area contributed by atoms with Gasteiger partial charge < -0.3 is 0 Å². The van der Waals surface area contributed by atoms with Gasteiger partial charge in [-0.15, -0.1) is 0 Å². The molecular weight excluding hydrogens is 326 g/mol. The van der Waals surface area contributed by atoms with E-state index in [9.17, 15) is 4.79 Å². The molecule has 6 heteroatoms. The number of nitrogens with zero attached hydrogens (tertiary/aromatic N) is 3. The summed E-state index contributed by atoms with van der Waals surface area (Å²) >= 11 is 0. The van der Waals surface area contributed by atoms with Crippen molar-refractivity contribution in [2.24, 2.45) is 5.10 Å². The van der Waals surface area contributed by atoms with Crippen LogP contribution in [-0.4, -0.2) is 21.2 Å². The van der Waals surface area contributed by atoms with Crippen LogP contribution in [0.15, 0.2) is 82.8 Å². The maximum atomic E-state index is 12.6. The summed E-state index contributed by atoms with van der Waals surface area (Å²) in [4.78, 5) is 23.9. The number of anilines is 1. The zero-order valence-electron chi connectivity index (χ0n) is 13.8. The third-order valence-corrected chi connectivity index (χ3v) is 3.88. The van der Waals surface area contributed by atoms with Gasteiger partial charge in [-0.1, -0.05) is 60.7 Å². The molecule has 0 unspecified atom stereocenters. The highest BCUT2D eigenvalue weighted by atomic mass is 16.1. The second-order valence-electron chi connectivity index (χ2n) is 5.62. The number of hydrogen-bond donors (Lipinski definition) is 2. The van der Waals surface area contributed by atoms with Crippen LogP contribution in [0.1, 0.15) is 5.56 Å². The Morgan fingerprint density at radius 1 is 0.962 bits per heavy atom. The lowest BCUT2D eigenvalue weighted by molar-refractivity contribution is 1.10. The quantitative estimate of drug-likeness (QED) is 0.440. The van der Waals surface area contributed by atoms with Crippen molar-refractivity contribution >= 4 is 23.2 Å². The largest absolute Gasteiger partial charge is 0.291 e. The zero-order chi connectivity index (χ0) is 17.8. The van der Waals surface area contributed by atoms with Gasteiger partial charge >= 0.3 is 0 Å². The molecule has 2 aromatic carbocycles. The topological polar surface area (TPSA) is 83.0 Å². The summed E-state index contributed by atoms with van der Waals surface area (Å²) in [5, 5.41) is 4.56. The maximum Gasteiger partial charge on any atom is 0.262 e. The summed E-state index contributed by atoms with van der Waals surface area (Å²) in [7, 11) is 0. The van der Waals surface area contributed by atoms with Gasteiger partial charge in [-0.25, -0.2) is 10.4 Å². The lowest BCUT2D eigenvalue weighted by Crippen LogP contribution is -2.13. The molecule has 4 rings (SSSR count). The fourth-order valence-electron chi connectivity index (χ4n) is 2.68. The van der Waals surface area contributed by atoms with Gasteiger partial charge in [0.2, 0.25) is 5.95 Å². The molecule has 0 saturated heterocycles. The number of aromatic nitrogens is 3. The molecule has 0 amide bonds. The van der Waals surface area contributed by atoms with Crippen LogP contribution in [0.4, 0.5) is 5.95 Å². The van der Waals surface area contributed by atoms with E-state index in [0.717, 1.165) is 16.7 Å². The van der Waals surface area contributed by atoms with Crippen molar-refractivity contribution in [2.45, 2.75) is 0 Å². The summed E-state index contributed by atoms with van der Waals surface area (Å²) in [6.45, 7) is 0. The van der Waals surface area contributed by atoms with Crippen molar-refractivity contribution in [3.05, 3.63) is 88.8 Å². The minimum absolute atomic E-state index is 0.243. The molecule has 4 aromatic rings. The number of aromatic amines is 1. The predicted molar refractivity (Wildman–Crippen MR) is 103 cm³/mol. The molecule has 0 radical (unpaired) electrons. The second-order valence-corrected chi connectivity index (χ2v) is 5.62. The molecule has 0 saturated carbocycles. The minimum Gasteiger partial charge on any atom is -0.291 e. The van der Waals surface area contributed by atoms with E-state index in [1.54, 1.807) is 12.4 Å². The Morgan fingerprint density at radius 3 is 2.46 bits per heavy atom. The van der Waals surface area contributed by atoms with Crippen molar-refractivity contribution in [3.63, 3.8) is 0 Å². The van der Waals surface area contributed by atoms with Gasteiger partial charge in [0, 0.05) is 6.20 Å². The van der Waals surface area contributed by atoms with E-state index >= 15 is 0 Å². The molecule has 0 bridgehead atoms. The molecule has 0 aliphatic carbocycles. The van der Waals surface area contributed by atoms with E-state index in [1.165, 1.54) is 0 Å². The average Bonchev–Trinajstić information content (AvgIpc) is 2.69. The third-order valence-electron chi connectivity index (χ3n) is 3.88. The van der Waals surface area contributed by atoms with Crippen molar-refractivity contribution in [2.75, 3.05) is 5.43 Å². The molecule has 2 N–H and O–H groups in total. The third kappa shape index (κ3) is 3.21. The molecule has 0 fully saturated rings. The molecule has 0 atom stereocenters. The first kappa shape index (κ1) is 15.7. The number of rotatable bonds is 4.